The van der Waals surface area contributed by atoms with Gasteiger partial charge in [-0.25, -0.2) is 0 Å². The van der Waals surface area contributed by atoms with E-state index in [2.05, 4.69) is 0 Å². The monoisotopic (exact) mass is 232 g/mol. The highest BCUT2D eigenvalue weighted by atomic mass is 35.5. The van der Waals surface area contributed by atoms with Crippen LogP contribution in [0.5, 0.6) is 0 Å². The summed E-state index contributed by atoms with van der Waals surface area (Å²) in [4.78, 5) is 10.5. The molecule has 0 aromatic heterocycles. The lowest BCUT2D eigenvalue weighted by Crippen LogP contribution is -2.03. The second kappa shape index (κ2) is 4.67. The molecule has 4 heteroatoms. The summed E-state index contributed by atoms with van der Waals surface area (Å²) < 4.78 is 0. The van der Waals surface area contributed by atoms with Crippen LogP contribution < -0.4 is 0 Å². The van der Waals surface area contributed by atoms with Gasteiger partial charge in [0.15, 0.2) is 0 Å². The molecule has 14 heavy (non-hydrogen) atoms. The first-order valence-electron chi connectivity index (χ1n) is 4.18. The maximum Gasteiger partial charge on any atom is 0.303 e. The van der Waals surface area contributed by atoms with Crippen molar-refractivity contribution in [2.45, 2.75) is 19.3 Å². The number of aliphatic carboxylic acids is 1. The summed E-state index contributed by atoms with van der Waals surface area (Å²) in [6.07, 6.45) is 0.0312. The third kappa shape index (κ3) is 2.63. The highest BCUT2D eigenvalue weighted by Gasteiger charge is 2.16. The van der Waals surface area contributed by atoms with Gasteiger partial charge in [0.1, 0.15) is 0 Å². The number of carbonyl (C=O) groups is 1. The highest BCUT2D eigenvalue weighted by molar-refractivity contribution is 6.36. The van der Waals surface area contributed by atoms with Gasteiger partial charge in [-0.2, -0.15) is 0 Å². The van der Waals surface area contributed by atoms with Crippen LogP contribution in [-0.2, 0) is 4.79 Å². The molecule has 0 aliphatic rings. The van der Waals surface area contributed by atoms with Gasteiger partial charge in [-0.3, -0.25) is 4.79 Å². The number of rotatable bonds is 3. The first kappa shape index (κ1) is 11.3. The third-order valence-corrected chi connectivity index (χ3v) is 2.63. The van der Waals surface area contributed by atoms with Crippen LogP contribution in [0.25, 0.3) is 0 Å². The van der Waals surface area contributed by atoms with Gasteiger partial charge < -0.3 is 5.11 Å². The number of halogens is 2. The van der Waals surface area contributed by atoms with E-state index in [1.807, 2.05) is 0 Å². The Labute approximate surface area is 92.5 Å². The minimum atomic E-state index is -0.853. The number of carboxylic acid groups (broad SMARTS) is 1. The van der Waals surface area contributed by atoms with Crippen LogP contribution in [-0.4, -0.2) is 11.1 Å². The van der Waals surface area contributed by atoms with Gasteiger partial charge in [0.25, 0.3) is 0 Å². The molecular formula is C10H10Cl2O2. The normalized spacial score (nSPS) is 12.5. The SMILES string of the molecule is CC(CC(=O)O)c1c(Cl)cccc1Cl. The summed E-state index contributed by atoms with van der Waals surface area (Å²) in [7, 11) is 0. The van der Waals surface area contributed by atoms with Gasteiger partial charge in [-0.15, -0.1) is 0 Å². The zero-order valence-electron chi connectivity index (χ0n) is 7.63. The summed E-state index contributed by atoms with van der Waals surface area (Å²) in [6.45, 7) is 1.79. The van der Waals surface area contributed by atoms with E-state index in [1.165, 1.54) is 0 Å². The van der Waals surface area contributed by atoms with Gasteiger partial charge >= 0.3 is 5.97 Å². The fraction of sp³-hybridized carbons (Fsp3) is 0.300. The predicted octanol–water partition coefficient (Wildman–Crippen LogP) is 3.57. The quantitative estimate of drug-likeness (QED) is 0.866. The molecule has 0 aliphatic carbocycles. The van der Waals surface area contributed by atoms with E-state index < -0.39 is 5.97 Å². The molecule has 1 rings (SSSR count). The average molecular weight is 233 g/mol. The van der Waals surface area contributed by atoms with Gasteiger partial charge in [-0.1, -0.05) is 36.2 Å². The first-order chi connectivity index (χ1) is 6.52. The second-order valence-electron chi connectivity index (χ2n) is 3.13. The van der Waals surface area contributed by atoms with E-state index in [0.29, 0.717) is 15.6 Å². The van der Waals surface area contributed by atoms with Crippen LogP contribution in [0, 0.1) is 0 Å². The molecule has 1 aromatic carbocycles. The molecule has 0 aliphatic heterocycles. The molecule has 1 unspecified atom stereocenters. The van der Waals surface area contributed by atoms with Crippen molar-refractivity contribution in [1.29, 1.82) is 0 Å². The summed E-state index contributed by atoms with van der Waals surface area (Å²) in [5.41, 5.74) is 0.707. The lowest BCUT2D eigenvalue weighted by molar-refractivity contribution is -0.137. The highest BCUT2D eigenvalue weighted by Crippen LogP contribution is 2.32. The zero-order chi connectivity index (χ0) is 10.7. The molecule has 0 fully saturated rings. The molecule has 76 valence electrons. The molecule has 0 saturated heterocycles. The average Bonchev–Trinajstić information content (AvgIpc) is 2.01. The van der Waals surface area contributed by atoms with Crippen LogP contribution in [0.15, 0.2) is 18.2 Å². The molecular weight excluding hydrogens is 223 g/mol. The Morgan fingerprint density at radius 1 is 1.43 bits per heavy atom. The van der Waals surface area contributed by atoms with Gasteiger partial charge in [0, 0.05) is 10.0 Å². The number of carboxylic acids is 1. The Kier molecular flexibility index (Phi) is 3.78. The summed E-state index contributed by atoms with van der Waals surface area (Å²) in [5.74, 6) is -1.03. The molecule has 0 radical (unpaired) electrons. The summed E-state index contributed by atoms with van der Waals surface area (Å²) >= 11 is 11.9. The molecule has 0 spiro atoms. The fourth-order valence-corrected chi connectivity index (χ4v) is 2.12. The maximum atomic E-state index is 10.5. The van der Waals surface area contributed by atoms with Crippen LogP contribution >= 0.6 is 23.2 Å². The van der Waals surface area contributed by atoms with Crippen molar-refractivity contribution in [3.05, 3.63) is 33.8 Å². The standard InChI is InChI=1S/C10H10Cl2O2/c1-6(5-9(13)14)10-7(11)3-2-4-8(10)12/h2-4,6H,5H2,1H3,(H,13,14). The summed E-state index contributed by atoms with van der Waals surface area (Å²) in [6, 6.07) is 5.16. The molecule has 1 aromatic rings. The van der Waals surface area contributed by atoms with Crippen molar-refractivity contribution in [3.8, 4) is 0 Å². The minimum Gasteiger partial charge on any atom is -0.481 e. The van der Waals surface area contributed by atoms with Crippen molar-refractivity contribution in [3.63, 3.8) is 0 Å². The minimum absolute atomic E-state index is 0.0312. The van der Waals surface area contributed by atoms with Gasteiger partial charge in [-0.05, 0) is 23.6 Å². The second-order valence-corrected chi connectivity index (χ2v) is 3.95. The van der Waals surface area contributed by atoms with Gasteiger partial charge in [0.05, 0.1) is 6.42 Å². The summed E-state index contributed by atoms with van der Waals surface area (Å²) in [5, 5.41) is 9.68. The van der Waals surface area contributed by atoms with Crippen molar-refractivity contribution >= 4 is 29.2 Å². The molecule has 0 bridgehead atoms. The smallest absolute Gasteiger partial charge is 0.303 e. The van der Waals surface area contributed by atoms with E-state index >= 15 is 0 Å². The van der Waals surface area contributed by atoms with E-state index in [-0.39, 0.29) is 12.3 Å². The van der Waals surface area contributed by atoms with Crippen LogP contribution in [0.2, 0.25) is 10.0 Å². The fourth-order valence-electron chi connectivity index (χ4n) is 1.35. The Balaban J connectivity index is 2.99. The van der Waals surface area contributed by atoms with Crippen LogP contribution in [0.3, 0.4) is 0 Å². The number of hydrogen-bond donors (Lipinski definition) is 1. The lowest BCUT2D eigenvalue weighted by atomic mass is 9.98. The van der Waals surface area contributed by atoms with Crippen molar-refractivity contribution < 1.29 is 9.90 Å². The third-order valence-electron chi connectivity index (χ3n) is 1.97. The zero-order valence-corrected chi connectivity index (χ0v) is 9.14. The van der Waals surface area contributed by atoms with Crippen LogP contribution in [0.1, 0.15) is 24.8 Å². The first-order valence-corrected chi connectivity index (χ1v) is 4.93. The van der Waals surface area contributed by atoms with E-state index in [1.54, 1.807) is 25.1 Å². The predicted molar refractivity (Wildman–Crippen MR) is 57.1 cm³/mol. The Morgan fingerprint density at radius 2 is 1.93 bits per heavy atom. The number of benzene rings is 1. The molecule has 0 amide bonds. The molecule has 2 nitrogen and oxygen atoms in total. The van der Waals surface area contributed by atoms with E-state index in [0.717, 1.165) is 0 Å². The largest absolute Gasteiger partial charge is 0.481 e. The van der Waals surface area contributed by atoms with Gasteiger partial charge in [0.2, 0.25) is 0 Å². The molecule has 1 atom stereocenters. The van der Waals surface area contributed by atoms with E-state index in [9.17, 15) is 4.79 Å². The number of hydrogen-bond acceptors (Lipinski definition) is 1. The lowest BCUT2D eigenvalue weighted by Gasteiger charge is -2.12. The Bertz CT molecular complexity index is 330. The van der Waals surface area contributed by atoms with Crippen molar-refractivity contribution in [2.24, 2.45) is 0 Å². The molecule has 0 saturated carbocycles. The van der Waals surface area contributed by atoms with Crippen LogP contribution in [0.4, 0.5) is 0 Å². The van der Waals surface area contributed by atoms with Crippen molar-refractivity contribution in [2.75, 3.05) is 0 Å². The molecule has 1 N–H and O–H groups in total. The van der Waals surface area contributed by atoms with Crippen molar-refractivity contribution in [1.82, 2.24) is 0 Å². The van der Waals surface area contributed by atoms with E-state index in [4.69, 9.17) is 28.3 Å². The molecule has 0 heterocycles. The Hall–Kier alpha value is -0.730. The Morgan fingerprint density at radius 3 is 2.36 bits per heavy atom. The topological polar surface area (TPSA) is 37.3 Å². The maximum absolute atomic E-state index is 10.5.